The molecule has 116 valence electrons. The van der Waals surface area contributed by atoms with Crippen molar-refractivity contribution in [3.05, 3.63) is 29.3 Å². The Bertz CT molecular complexity index is 538. The number of hydrogen-bond acceptors (Lipinski definition) is 3. The Morgan fingerprint density at radius 2 is 1.95 bits per heavy atom. The lowest BCUT2D eigenvalue weighted by Gasteiger charge is -2.34. The van der Waals surface area contributed by atoms with Crippen LogP contribution in [0.4, 0.5) is 18.9 Å². The number of nitrogens with one attached hydrogen (secondary N) is 1. The molecule has 2 rings (SSSR count). The highest BCUT2D eigenvalue weighted by atomic mass is 19.4. The molecule has 1 amide bonds. The van der Waals surface area contributed by atoms with E-state index in [1.807, 2.05) is 6.92 Å². The van der Waals surface area contributed by atoms with Crippen LogP contribution in [-0.4, -0.2) is 24.7 Å². The SMILES string of the molecule is CC1(NC(=O)c2cc(C(F)(F)F)ccc2N)CCOCC1. The van der Waals surface area contributed by atoms with Gasteiger partial charge in [0.1, 0.15) is 0 Å². The minimum absolute atomic E-state index is 0.0242. The fourth-order valence-electron chi connectivity index (χ4n) is 2.22. The van der Waals surface area contributed by atoms with Gasteiger partial charge in [-0.3, -0.25) is 4.79 Å². The van der Waals surface area contributed by atoms with Crippen LogP contribution in [0.1, 0.15) is 35.7 Å². The summed E-state index contributed by atoms with van der Waals surface area (Å²) in [6, 6.07) is 2.75. The van der Waals surface area contributed by atoms with Crippen LogP contribution in [-0.2, 0) is 10.9 Å². The first-order chi connectivity index (χ1) is 9.71. The molecular weight excluding hydrogens is 285 g/mol. The highest BCUT2D eigenvalue weighted by molar-refractivity contribution is 5.99. The Labute approximate surface area is 120 Å². The fourth-order valence-corrected chi connectivity index (χ4v) is 2.22. The molecule has 1 fully saturated rings. The van der Waals surface area contributed by atoms with E-state index in [-0.39, 0.29) is 11.3 Å². The number of carbonyl (C=O) groups excluding carboxylic acids is 1. The van der Waals surface area contributed by atoms with Crippen LogP contribution in [0.25, 0.3) is 0 Å². The first-order valence-electron chi connectivity index (χ1n) is 6.58. The monoisotopic (exact) mass is 302 g/mol. The van der Waals surface area contributed by atoms with E-state index in [4.69, 9.17) is 10.5 Å². The van der Waals surface area contributed by atoms with Crippen molar-refractivity contribution in [2.75, 3.05) is 18.9 Å². The standard InChI is InChI=1S/C14H17F3N2O2/c1-13(4-6-21-7-5-13)19-12(20)10-8-9(14(15,16)17)2-3-11(10)18/h2-3,8H,4-7,18H2,1H3,(H,19,20). The van der Waals surface area contributed by atoms with Gasteiger partial charge in [-0.1, -0.05) is 0 Å². The molecule has 1 aromatic carbocycles. The smallest absolute Gasteiger partial charge is 0.398 e. The molecule has 3 N–H and O–H groups in total. The van der Waals surface area contributed by atoms with Crippen LogP contribution in [0.15, 0.2) is 18.2 Å². The van der Waals surface area contributed by atoms with Crippen LogP contribution in [0, 0.1) is 0 Å². The van der Waals surface area contributed by atoms with Crippen LogP contribution in [0.5, 0.6) is 0 Å². The van der Waals surface area contributed by atoms with E-state index < -0.39 is 23.2 Å². The Balaban J connectivity index is 2.22. The number of ether oxygens (including phenoxy) is 1. The van der Waals surface area contributed by atoms with Gasteiger partial charge in [0.2, 0.25) is 0 Å². The molecule has 1 saturated heterocycles. The van der Waals surface area contributed by atoms with E-state index in [1.165, 1.54) is 0 Å². The Hall–Kier alpha value is -1.76. The molecule has 1 aliphatic heterocycles. The number of amides is 1. The number of halogens is 3. The summed E-state index contributed by atoms with van der Waals surface area (Å²) in [4.78, 5) is 12.2. The summed E-state index contributed by atoms with van der Waals surface area (Å²) in [6.45, 7) is 2.86. The predicted molar refractivity (Wildman–Crippen MR) is 71.8 cm³/mol. The number of nitrogen functional groups attached to an aromatic ring is 1. The normalized spacial score (nSPS) is 18.3. The van der Waals surface area contributed by atoms with Gasteiger partial charge in [0.25, 0.3) is 5.91 Å². The Kier molecular flexibility index (Phi) is 4.13. The van der Waals surface area contributed by atoms with Gasteiger partial charge in [0, 0.05) is 24.4 Å². The summed E-state index contributed by atoms with van der Waals surface area (Å²) in [5.74, 6) is -0.594. The summed E-state index contributed by atoms with van der Waals surface area (Å²) in [5, 5.41) is 2.76. The van der Waals surface area contributed by atoms with Crippen molar-refractivity contribution in [3.8, 4) is 0 Å². The highest BCUT2D eigenvalue weighted by Crippen LogP contribution is 2.31. The lowest BCUT2D eigenvalue weighted by molar-refractivity contribution is -0.137. The van der Waals surface area contributed by atoms with Crippen molar-refractivity contribution in [3.63, 3.8) is 0 Å². The molecule has 0 radical (unpaired) electrons. The van der Waals surface area contributed by atoms with Gasteiger partial charge in [-0.2, -0.15) is 13.2 Å². The summed E-state index contributed by atoms with van der Waals surface area (Å²) in [6.07, 6.45) is -3.29. The van der Waals surface area contributed by atoms with Gasteiger partial charge in [0.15, 0.2) is 0 Å². The Morgan fingerprint density at radius 1 is 1.33 bits per heavy atom. The van der Waals surface area contributed by atoms with Crippen molar-refractivity contribution >= 4 is 11.6 Å². The third kappa shape index (κ3) is 3.66. The maximum Gasteiger partial charge on any atom is 0.416 e. The van der Waals surface area contributed by atoms with Crippen LogP contribution >= 0.6 is 0 Å². The molecule has 1 aliphatic rings. The van der Waals surface area contributed by atoms with Gasteiger partial charge < -0.3 is 15.8 Å². The maximum absolute atomic E-state index is 12.7. The Morgan fingerprint density at radius 3 is 2.52 bits per heavy atom. The topological polar surface area (TPSA) is 64.4 Å². The quantitative estimate of drug-likeness (QED) is 0.825. The zero-order valence-corrected chi connectivity index (χ0v) is 11.6. The number of anilines is 1. The third-order valence-electron chi connectivity index (χ3n) is 3.64. The molecule has 21 heavy (non-hydrogen) atoms. The average Bonchev–Trinajstić information content (AvgIpc) is 2.38. The van der Waals surface area contributed by atoms with Crippen molar-refractivity contribution in [2.24, 2.45) is 0 Å². The third-order valence-corrected chi connectivity index (χ3v) is 3.64. The fraction of sp³-hybridized carbons (Fsp3) is 0.500. The molecular formula is C14H17F3N2O2. The number of rotatable bonds is 2. The minimum atomic E-state index is -4.51. The van der Waals surface area contributed by atoms with Gasteiger partial charge in [-0.15, -0.1) is 0 Å². The molecule has 4 nitrogen and oxygen atoms in total. The first kappa shape index (κ1) is 15.6. The van der Waals surface area contributed by atoms with Crippen LogP contribution < -0.4 is 11.1 Å². The molecule has 0 atom stereocenters. The van der Waals surface area contributed by atoms with Gasteiger partial charge in [-0.25, -0.2) is 0 Å². The number of alkyl halides is 3. The van der Waals surface area contributed by atoms with E-state index in [0.29, 0.717) is 26.1 Å². The largest absolute Gasteiger partial charge is 0.416 e. The first-order valence-corrected chi connectivity index (χ1v) is 6.58. The summed E-state index contributed by atoms with van der Waals surface area (Å²) < 4.78 is 43.3. The lowest BCUT2D eigenvalue weighted by Crippen LogP contribution is -2.49. The maximum atomic E-state index is 12.7. The molecule has 7 heteroatoms. The van der Waals surface area contributed by atoms with E-state index in [1.54, 1.807) is 0 Å². The molecule has 1 heterocycles. The van der Waals surface area contributed by atoms with Crippen molar-refractivity contribution < 1.29 is 22.7 Å². The van der Waals surface area contributed by atoms with E-state index >= 15 is 0 Å². The lowest BCUT2D eigenvalue weighted by atomic mass is 9.92. The average molecular weight is 302 g/mol. The number of nitrogens with two attached hydrogens (primary N) is 1. The molecule has 0 bridgehead atoms. The van der Waals surface area contributed by atoms with Gasteiger partial charge in [-0.05, 0) is 38.0 Å². The molecule has 0 unspecified atom stereocenters. The zero-order chi connectivity index (χ0) is 15.7. The van der Waals surface area contributed by atoms with Crippen molar-refractivity contribution in [1.82, 2.24) is 5.32 Å². The van der Waals surface area contributed by atoms with E-state index in [0.717, 1.165) is 18.2 Å². The van der Waals surface area contributed by atoms with Gasteiger partial charge >= 0.3 is 6.18 Å². The highest BCUT2D eigenvalue weighted by Gasteiger charge is 2.33. The zero-order valence-electron chi connectivity index (χ0n) is 11.6. The molecule has 1 aromatic rings. The van der Waals surface area contributed by atoms with E-state index in [2.05, 4.69) is 5.32 Å². The molecule has 0 spiro atoms. The molecule has 0 aromatic heterocycles. The van der Waals surface area contributed by atoms with Crippen LogP contribution in [0.3, 0.4) is 0 Å². The second-order valence-corrected chi connectivity index (χ2v) is 5.43. The number of carbonyl (C=O) groups is 1. The van der Waals surface area contributed by atoms with Crippen LogP contribution in [0.2, 0.25) is 0 Å². The predicted octanol–water partition coefficient (Wildman–Crippen LogP) is 2.59. The summed E-state index contributed by atoms with van der Waals surface area (Å²) >= 11 is 0. The second-order valence-electron chi connectivity index (χ2n) is 5.43. The summed E-state index contributed by atoms with van der Waals surface area (Å²) in [5.41, 5.74) is 4.12. The molecule has 0 saturated carbocycles. The van der Waals surface area contributed by atoms with Crippen molar-refractivity contribution in [2.45, 2.75) is 31.5 Å². The number of hydrogen-bond donors (Lipinski definition) is 2. The van der Waals surface area contributed by atoms with E-state index in [9.17, 15) is 18.0 Å². The summed E-state index contributed by atoms with van der Waals surface area (Å²) in [7, 11) is 0. The number of benzene rings is 1. The minimum Gasteiger partial charge on any atom is -0.398 e. The van der Waals surface area contributed by atoms with Gasteiger partial charge in [0.05, 0.1) is 11.1 Å². The molecule has 0 aliphatic carbocycles. The van der Waals surface area contributed by atoms with Crippen molar-refractivity contribution in [1.29, 1.82) is 0 Å². The second kappa shape index (κ2) is 5.55.